The number of rotatable bonds is 6. The van der Waals surface area contributed by atoms with Gasteiger partial charge >= 0.3 is 0 Å². The van der Waals surface area contributed by atoms with Crippen LogP contribution in [-0.2, 0) is 0 Å². The van der Waals surface area contributed by atoms with E-state index in [-0.39, 0.29) is 0 Å². The number of benzene rings is 9. The highest BCUT2D eigenvalue weighted by molar-refractivity contribution is 6.28. The van der Waals surface area contributed by atoms with E-state index in [1.165, 1.54) is 59.8 Å². The van der Waals surface area contributed by atoms with Crippen LogP contribution >= 0.6 is 0 Å². The Kier molecular flexibility index (Phi) is 7.49. The number of fused-ring (bicyclic) bond motifs is 1. The quantitative estimate of drug-likeness (QED) is 0.161. The van der Waals surface area contributed by atoms with Gasteiger partial charge in [0.15, 0.2) is 5.82 Å². The molecule has 3 heteroatoms. The average molecular weight is 712 g/mol. The molecular weight excluding hydrogens is 679 g/mol. The van der Waals surface area contributed by atoms with Crippen molar-refractivity contribution < 1.29 is 0 Å². The largest absolute Gasteiger partial charge is 0.256 e. The van der Waals surface area contributed by atoms with Crippen molar-refractivity contribution in [3.8, 4) is 67.4 Å². The minimum absolute atomic E-state index is 0.684. The van der Waals surface area contributed by atoms with E-state index in [1.807, 2.05) is 30.5 Å². The predicted molar refractivity (Wildman–Crippen MR) is 234 cm³/mol. The maximum absolute atomic E-state index is 5.23. The molecule has 3 nitrogen and oxygen atoms in total. The van der Waals surface area contributed by atoms with Crippen molar-refractivity contribution >= 4 is 43.1 Å². The van der Waals surface area contributed by atoms with Gasteiger partial charge in [-0.1, -0.05) is 164 Å². The summed E-state index contributed by atoms with van der Waals surface area (Å²) in [5.74, 6) is 0.684. The van der Waals surface area contributed by atoms with Crippen molar-refractivity contribution in [1.82, 2.24) is 15.0 Å². The molecular formula is C53H33N3. The standard InChI is InChI=1S/C53H33N3/c1-2-12-35(13-3-1)49-33-50(40-17-9-16-39(32-40)48-21-6-7-30-54-48)56-53(55-49)41-18-8-15-38(31-41)43-26-22-36-25-29-47-45(27-23-37-24-28-46(43)51(36)52(37)47)44-20-10-14-34-11-4-5-19-42(34)44/h1-33H. The molecule has 0 amide bonds. The Morgan fingerprint density at radius 3 is 1.62 bits per heavy atom. The Balaban J connectivity index is 1.06. The van der Waals surface area contributed by atoms with Crippen LogP contribution in [-0.4, -0.2) is 15.0 Å². The lowest BCUT2D eigenvalue weighted by atomic mass is 9.86. The van der Waals surface area contributed by atoms with E-state index in [4.69, 9.17) is 9.97 Å². The lowest BCUT2D eigenvalue weighted by Crippen LogP contribution is -1.96. The highest BCUT2D eigenvalue weighted by Gasteiger charge is 2.17. The van der Waals surface area contributed by atoms with Crippen molar-refractivity contribution in [2.45, 2.75) is 0 Å². The Hall–Kier alpha value is -7.49. The zero-order chi connectivity index (χ0) is 37.0. The molecule has 0 aliphatic rings. The Labute approximate surface area is 324 Å². The predicted octanol–water partition coefficient (Wildman–Crippen LogP) is 13.9. The van der Waals surface area contributed by atoms with Crippen LogP contribution in [0.3, 0.4) is 0 Å². The molecule has 0 spiro atoms. The molecule has 0 unspecified atom stereocenters. The van der Waals surface area contributed by atoms with Crippen LogP contribution in [0.5, 0.6) is 0 Å². The molecule has 260 valence electrons. The second kappa shape index (κ2) is 13.1. The van der Waals surface area contributed by atoms with E-state index in [9.17, 15) is 0 Å². The van der Waals surface area contributed by atoms with Gasteiger partial charge in [0.05, 0.1) is 17.1 Å². The van der Waals surface area contributed by atoms with E-state index in [1.54, 1.807) is 0 Å². The lowest BCUT2D eigenvalue weighted by molar-refractivity contribution is 1.18. The van der Waals surface area contributed by atoms with Crippen molar-refractivity contribution in [3.63, 3.8) is 0 Å². The average Bonchev–Trinajstić information content (AvgIpc) is 3.28. The summed E-state index contributed by atoms with van der Waals surface area (Å²) in [5, 5.41) is 10.1. The normalized spacial score (nSPS) is 11.6. The van der Waals surface area contributed by atoms with Crippen molar-refractivity contribution in [1.29, 1.82) is 0 Å². The molecule has 9 aromatic carbocycles. The number of nitrogens with zero attached hydrogens (tertiary/aromatic N) is 3. The van der Waals surface area contributed by atoms with Gasteiger partial charge in [0.1, 0.15) is 0 Å². The minimum Gasteiger partial charge on any atom is -0.256 e. The van der Waals surface area contributed by atoms with Gasteiger partial charge in [-0.2, -0.15) is 0 Å². The van der Waals surface area contributed by atoms with Crippen LogP contribution in [0.2, 0.25) is 0 Å². The van der Waals surface area contributed by atoms with Crippen LogP contribution in [0, 0.1) is 0 Å². The first-order valence-electron chi connectivity index (χ1n) is 19.0. The van der Waals surface area contributed by atoms with Crippen LogP contribution in [0.25, 0.3) is 111 Å². The zero-order valence-electron chi connectivity index (χ0n) is 30.4. The number of pyridine rings is 1. The van der Waals surface area contributed by atoms with Crippen molar-refractivity contribution in [3.05, 3.63) is 200 Å². The molecule has 0 saturated carbocycles. The third-order valence-electron chi connectivity index (χ3n) is 11.1. The summed E-state index contributed by atoms with van der Waals surface area (Å²) in [7, 11) is 0. The molecule has 11 aromatic rings. The Morgan fingerprint density at radius 2 is 0.839 bits per heavy atom. The topological polar surface area (TPSA) is 38.7 Å². The Bertz CT molecular complexity index is 3240. The SMILES string of the molecule is c1ccc(-c2cc(-c3cccc(-c4ccccn4)c3)nc(-c3cccc(-c4ccc5ccc6c(-c7cccc8ccccc78)ccc7ccc4c5c76)c3)n2)cc1. The second-order valence-corrected chi connectivity index (χ2v) is 14.4. The van der Waals surface area contributed by atoms with Crippen LogP contribution in [0.15, 0.2) is 200 Å². The van der Waals surface area contributed by atoms with E-state index < -0.39 is 0 Å². The Morgan fingerprint density at radius 1 is 0.286 bits per heavy atom. The molecule has 0 saturated heterocycles. The second-order valence-electron chi connectivity index (χ2n) is 14.4. The molecule has 0 aliphatic heterocycles. The third kappa shape index (κ3) is 5.40. The first-order chi connectivity index (χ1) is 27.7. The molecule has 0 bridgehead atoms. The summed E-state index contributed by atoms with van der Waals surface area (Å²) in [5.41, 5.74) is 11.6. The highest BCUT2D eigenvalue weighted by atomic mass is 14.9. The molecule has 0 radical (unpaired) electrons. The molecule has 11 rings (SSSR count). The fourth-order valence-corrected chi connectivity index (χ4v) is 8.43. The summed E-state index contributed by atoms with van der Waals surface area (Å²) in [6, 6.07) is 69.1. The van der Waals surface area contributed by atoms with Gasteiger partial charge in [-0.25, -0.2) is 9.97 Å². The van der Waals surface area contributed by atoms with Crippen LogP contribution in [0.4, 0.5) is 0 Å². The maximum Gasteiger partial charge on any atom is 0.160 e. The third-order valence-corrected chi connectivity index (χ3v) is 11.1. The van der Waals surface area contributed by atoms with Gasteiger partial charge in [0.2, 0.25) is 0 Å². The summed E-state index contributed by atoms with van der Waals surface area (Å²) < 4.78 is 0. The fourth-order valence-electron chi connectivity index (χ4n) is 8.43. The smallest absolute Gasteiger partial charge is 0.160 e. The van der Waals surface area contributed by atoms with E-state index in [0.29, 0.717) is 5.82 Å². The van der Waals surface area contributed by atoms with Gasteiger partial charge in [-0.3, -0.25) is 4.98 Å². The summed E-state index contributed by atoms with van der Waals surface area (Å²) in [6.07, 6.45) is 1.83. The molecule has 56 heavy (non-hydrogen) atoms. The van der Waals surface area contributed by atoms with Gasteiger partial charge in [-0.05, 0) is 95.7 Å². The van der Waals surface area contributed by atoms with E-state index in [2.05, 4.69) is 175 Å². The van der Waals surface area contributed by atoms with Gasteiger partial charge in [-0.15, -0.1) is 0 Å². The minimum atomic E-state index is 0.684. The van der Waals surface area contributed by atoms with Gasteiger partial charge in [0.25, 0.3) is 0 Å². The summed E-state index contributed by atoms with van der Waals surface area (Å²) in [6.45, 7) is 0. The van der Waals surface area contributed by atoms with E-state index >= 15 is 0 Å². The van der Waals surface area contributed by atoms with E-state index in [0.717, 1.165) is 44.9 Å². The molecule has 2 heterocycles. The van der Waals surface area contributed by atoms with Crippen LogP contribution in [0.1, 0.15) is 0 Å². The summed E-state index contributed by atoms with van der Waals surface area (Å²) >= 11 is 0. The van der Waals surface area contributed by atoms with Gasteiger partial charge < -0.3 is 0 Å². The molecule has 2 aromatic heterocycles. The first-order valence-corrected chi connectivity index (χ1v) is 19.0. The lowest BCUT2D eigenvalue weighted by Gasteiger charge is -2.17. The fraction of sp³-hybridized carbons (Fsp3) is 0. The molecule has 0 aliphatic carbocycles. The van der Waals surface area contributed by atoms with Crippen molar-refractivity contribution in [2.75, 3.05) is 0 Å². The molecule has 0 atom stereocenters. The highest BCUT2D eigenvalue weighted by Crippen LogP contribution is 2.44. The van der Waals surface area contributed by atoms with Gasteiger partial charge in [0, 0.05) is 28.5 Å². The molecule has 0 N–H and O–H groups in total. The maximum atomic E-state index is 5.23. The molecule has 0 fully saturated rings. The summed E-state index contributed by atoms with van der Waals surface area (Å²) in [4.78, 5) is 15.0. The van der Waals surface area contributed by atoms with Crippen molar-refractivity contribution in [2.24, 2.45) is 0 Å². The number of aromatic nitrogens is 3. The zero-order valence-corrected chi connectivity index (χ0v) is 30.4. The number of hydrogen-bond acceptors (Lipinski definition) is 3. The van der Waals surface area contributed by atoms with Crippen LogP contribution < -0.4 is 0 Å². The monoisotopic (exact) mass is 711 g/mol. The number of hydrogen-bond donors (Lipinski definition) is 0. The first kappa shape index (κ1) is 32.0.